The van der Waals surface area contributed by atoms with Crippen LogP contribution in [0.3, 0.4) is 0 Å². The zero-order valence-electron chi connectivity index (χ0n) is 25.4. The van der Waals surface area contributed by atoms with Crippen molar-refractivity contribution in [2.24, 2.45) is 0 Å². The van der Waals surface area contributed by atoms with Gasteiger partial charge in [-0.25, -0.2) is 4.98 Å². The molecule has 0 aliphatic heterocycles. The van der Waals surface area contributed by atoms with Crippen LogP contribution < -0.4 is 4.90 Å². The lowest BCUT2D eigenvalue weighted by atomic mass is 9.98. The van der Waals surface area contributed by atoms with Gasteiger partial charge < -0.3 is 13.7 Å². The maximum Gasteiger partial charge on any atom is 0.227 e. The number of furan rings is 1. The van der Waals surface area contributed by atoms with Crippen molar-refractivity contribution in [1.82, 2.24) is 4.98 Å². The van der Waals surface area contributed by atoms with E-state index >= 15 is 0 Å². The van der Waals surface area contributed by atoms with Crippen molar-refractivity contribution in [2.45, 2.75) is 0 Å². The van der Waals surface area contributed by atoms with Gasteiger partial charge in [-0.05, 0) is 71.8 Å². The fourth-order valence-corrected chi connectivity index (χ4v) is 6.46. The fraction of sp³-hybridized carbons (Fsp3) is 0. The van der Waals surface area contributed by atoms with E-state index in [1.807, 2.05) is 60.7 Å². The number of nitrogens with zero attached hydrogens (tertiary/aromatic N) is 2. The van der Waals surface area contributed by atoms with E-state index in [9.17, 15) is 0 Å². The molecule has 0 amide bonds. The van der Waals surface area contributed by atoms with E-state index in [0.29, 0.717) is 5.89 Å². The highest BCUT2D eigenvalue weighted by Crippen LogP contribution is 2.41. The average Bonchev–Trinajstić information content (AvgIpc) is 3.75. The van der Waals surface area contributed by atoms with Gasteiger partial charge in [0.25, 0.3) is 0 Å². The zero-order chi connectivity index (χ0) is 31.2. The van der Waals surface area contributed by atoms with Gasteiger partial charge in [0.15, 0.2) is 5.58 Å². The molecular formula is C43H28N2O2. The third kappa shape index (κ3) is 4.75. The second-order valence-corrected chi connectivity index (χ2v) is 11.6. The minimum atomic E-state index is 0.609. The largest absolute Gasteiger partial charge is 0.456 e. The molecule has 0 unspecified atom stereocenters. The first-order valence-corrected chi connectivity index (χ1v) is 15.7. The zero-order valence-corrected chi connectivity index (χ0v) is 25.4. The van der Waals surface area contributed by atoms with Crippen molar-refractivity contribution in [1.29, 1.82) is 0 Å². The van der Waals surface area contributed by atoms with Crippen LogP contribution in [-0.4, -0.2) is 4.98 Å². The van der Waals surface area contributed by atoms with Crippen LogP contribution in [0.15, 0.2) is 179 Å². The molecule has 0 fully saturated rings. The molecule has 7 aromatic carbocycles. The summed E-state index contributed by atoms with van der Waals surface area (Å²) in [4.78, 5) is 7.28. The first-order chi connectivity index (χ1) is 23.3. The summed E-state index contributed by atoms with van der Waals surface area (Å²) >= 11 is 0. The lowest BCUT2D eigenvalue weighted by molar-refractivity contribution is 0.621. The third-order valence-corrected chi connectivity index (χ3v) is 8.72. The predicted octanol–water partition coefficient (Wildman–Crippen LogP) is 12.2. The number of oxazole rings is 1. The Morgan fingerprint density at radius 1 is 0.404 bits per heavy atom. The second kappa shape index (κ2) is 11.2. The highest BCUT2D eigenvalue weighted by Gasteiger charge is 2.19. The van der Waals surface area contributed by atoms with Crippen LogP contribution in [0.4, 0.5) is 17.1 Å². The van der Waals surface area contributed by atoms with Crippen LogP contribution in [0.1, 0.15) is 0 Å². The molecule has 0 atom stereocenters. The molecule has 0 saturated carbocycles. The number of fused-ring (bicyclic) bond motifs is 4. The van der Waals surface area contributed by atoms with Crippen LogP contribution in [-0.2, 0) is 0 Å². The highest BCUT2D eigenvalue weighted by atomic mass is 16.3. The summed E-state index contributed by atoms with van der Waals surface area (Å²) in [6.45, 7) is 0. The van der Waals surface area contributed by atoms with Crippen molar-refractivity contribution in [3.05, 3.63) is 170 Å². The Kier molecular flexibility index (Phi) is 6.43. The topological polar surface area (TPSA) is 42.4 Å². The molecule has 222 valence electrons. The minimum Gasteiger partial charge on any atom is -0.456 e. The molecule has 0 aliphatic carbocycles. The first-order valence-electron chi connectivity index (χ1n) is 15.7. The number of benzene rings is 7. The molecule has 0 bridgehead atoms. The van der Waals surface area contributed by atoms with Gasteiger partial charge in [-0.2, -0.15) is 0 Å². The predicted molar refractivity (Wildman–Crippen MR) is 192 cm³/mol. The Labute approximate surface area is 271 Å². The Morgan fingerprint density at radius 2 is 0.979 bits per heavy atom. The summed E-state index contributed by atoms with van der Waals surface area (Å²) in [6.07, 6.45) is 0. The summed E-state index contributed by atoms with van der Waals surface area (Å²) in [5.41, 5.74) is 11.6. The summed E-state index contributed by atoms with van der Waals surface area (Å²) < 4.78 is 12.8. The smallest absolute Gasteiger partial charge is 0.227 e. The van der Waals surface area contributed by atoms with E-state index in [1.165, 1.54) is 0 Å². The number of hydrogen-bond acceptors (Lipinski definition) is 4. The molecule has 0 radical (unpaired) electrons. The van der Waals surface area contributed by atoms with Crippen LogP contribution in [0, 0.1) is 0 Å². The summed E-state index contributed by atoms with van der Waals surface area (Å²) in [5, 5.41) is 2.23. The summed E-state index contributed by atoms with van der Waals surface area (Å²) in [5.74, 6) is 0.609. The summed E-state index contributed by atoms with van der Waals surface area (Å²) in [7, 11) is 0. The Morgan fingerprint density at radius 3 is 1.74 bits per heavy atom. The van der Waals surface area contributed by atoms with Crippen LogP contribution in [0.5, 0.6) is 0 Å². The van der Waals surface area contributed by atoms with Gasteiger partial charge in [-0.15, -0.1) is 0 Å². The van der Waals surface area contributed by atoms with Gasteiger partial charge in [0.2, 0.25) is 5.89 Å². The molecular weight excluding hydrogens is 576 g/mol. The van der Waals surface area contributed by atoms with E-state index < -0.39 is 0 Å². The molecule has 0 N–H and O–H groups in total. The number of rotatable bonds is 6. The van der Waals surface area contributed by atoms with Crippen molar-refractivity contribution in [3.8, 4) is 33.7 Å². The molecule has 0 aliphatic rings. The molecule has 4 heteroatoms. The van der Waals surface area contributed by atoms with Crippen molar-refractivity contribution in [2.75, 3.05) is 4.90 Å². The minimum absolute atomic E-state index is 0.609. The number of aromatic nitrogens is 1. The van der Waals surface area contributed by atoms with Crippen LogP contribution in [0.25, 0.3) is 66.7 Å². The van der Waals surface area contributed by atoms with Gasteiger partial charge >= 0.3 is 0 Å². The fourth-order valence-electron chi connectivity index (χ4n) is 6.46. The van der Waals surface area contributed by atoms with E-state index in [0.717, 1.165) is 77.9 Å². The lowest BCUT2D eigenvalue weighted by Crippen LogP contribution is -2.09. The van der Waals surface area contributed by atoms with Crippen molar-refractivity contribution >= 4 is 50.1 Å². The Hall–Kier alpha value is -6.39. The Bertz CT molecular complexity index is 2500. The maximum atomic E-state index is 6.55. The normalized spacial score (nSPS) is 11.4. The van der Waals surface area contributed by atoms with E-state index in [2.05, 4.69) is 114 Å². The van der Waals surface area contributed by atoms with Gasteiger partial charge in [-0.1, -0.05) is 103 Å². The average molecular weight is 605 g/mol. The quantitative estimate of drug-likeness (QED) is 0.189. The molecule has 9 rings (SSSR count). The standard InChI is InChI=1S/C43H28N2O2/c1-4-12-29(13-5-1)35-26-27-36(42-41(35)44-43(47-42)31-14-6-2-7-15-31)30-20-22-33(23-21-30)45(32-16-8-3-9-17-32)34-24-25-38-37-18-10-11-19-39(37)46-40(38)28-34/h1-28H. The van der Waals surface area contributed by atoms with Crippen LogP contribution >= 0.6 is 0 Å². The van der Waals surface area contributed by atoms with Crippen molar-refractivity contribution < 1.29 is 8.83 Å². The third-order valence-electron chi connectivity index (χ3n) is 8.72. The second-order valence-electron chi connectivity index (χ2n) is 11.6. The molecule has 2 heterocycles. The maximum absolute atomic E-state index is 6.55. The molecule has 0 spiro atoms. The van der Waals surface area contributed by atoms with Crippen LogP contribution in [0.2, 0.25) is 0 Å². The van der Waals surface area contributed by atoms with E-state index in [4.69, 9.17) is 13.8 Å². The van der Waals surface area contributed by atoms with Gasteiger partial charge in [0, 0.05) is 50.6 Å². The van der Waals surface area contributed by atoms with Gasteiger partial charge in [0.1, 0.15) is 16.7 Å². The Balaban J connectivity index is 1.16. The van der Waals surface area contributed by atoms with Gasteiger partial charge in [0.05, 0.1) is 0 Å². The summed E-state index contributed by atoms with van der Waals surface area (Å²) in [6, 6.07) is 58.4. The van der Waals surface area contributed by atoms with Gasteiger partial charge in [-0.3, -0.25) is 0 Å². The molecule has 2 aromatic heterocycles. The highest BCUT2D eigenvalue weighted by molar-refractivity contribution is 6.06. The monoisotopic (exact) mass is 604 g/mol. The van der Waals surface area contributed by atoms with E-state index in [1.54, 1.807) is 0 Å². The molecule has 4 nitrogen and oxygen atoms in total. The SMILES string of the molecule is c1ccc(-c2nc3c(-c4ccccc4)ccc(-c4ccc(N(c5ccccc5)c5ccc6c(c5)oc5ccccc56)cc4)c3o2)cc1. The van der Waals surface area contributed by atoms with E-state index in [-0.39, 0.29) is 0 Å². The molecule has 47 heavy (non-hydrogen) atoms. The number of hydrogen-bond donors (Lipinski definition) is 0. The van der Waals surface area contributed by atoms with Crippen molar-refractivity contribution in [3.63, 3.8) is 0 Å². The first kappa shape index (κ1) is 27.0. The molecule has 0 saturated heterocycles. The number of para-hydroxylation sites is 2. The lowest BCUT2D eigenvalue weighted by Gasteiger charge is -2.25. The molecule has 9 aromatic rings. The number of anilines is 3.